The number of rotatable bonds is 17. The van der Waals surface area contributed by atoms with E-state index in [2.05, 4.69) is 14.1 Å². The molecule has 0 radical (unpaired) electrons. The number of hydrogen-bond donors (Lipinski definition) is 2. The van der Waals surface area contributed by atoms with E-state index in [1.165, 1.54) is 0 Å². The Balaban J connectivity index is 1.24. The summed E-state index contributed by atoms with van der Waals surface area (Å²) in [5, 5.41) is 21.8. The average molecular weight is 835 g/mol. The maximum Gasteiger partial charge on any atom is 0.311 e. The van der Waals surface area contributed by atoms with Gasteiger partial charge in [-0.25, -0.2) is 0 Å². The first-order chi connectivity index (χ1) is 28.5. The standard InChI is InChI=1S/C46H60N2O12/c1-7-41(51)57-36-17-11-28(19-38(36)59-43(53)9-3)26-47(5)32-13-14-33(47)22-30(21-32)46(45(55)56,25-40(49)50)31-23-34-15-16-35(24-31)48(34,6)27-29-12-18-37(58-42(52)8-2)39(20-29)60-44(54)10-4/h11-12,17-20,30-35H,7-10,13-16,21-27H2,1-6H3/p+2/t30?,31?,32-,33+,34-,35+,46?,47?,48?. The first-order valence-electron chi connectivity index (χ1n) is 21.7. The van der Waals surface area contributed by atoms with Gasteiger partial charge >= 0.3 is 35.8 Å². The molecule has 4 saturated heterocycles. The van der Waals surface area contributed by atoms with Crippen molar-refractivity contribution in [3.8, 4) is 23.0 Å². The molecule has 4 unspecified atom stereocenters. The lowest BCUT2D eigenvalue weighted by atomic mass is 9.57. The molecule has 60 heavy (non-hydrogen) atoms. The number of piperidine rings is 2. The highest BCUT2D eigenvalue weighted by molar-refractivity contribution is 5.82. The second-order valence-corrected chi connectivity index (χ2v) is 17.9. The summed E-state index contributed by atoms with van der Waals surface area (Å²) < 4.78 is 23.5. The number of fused-ring (bicyclic) bond motifs is 4. The number of esters is 4. The lowest BCUT2D eigenvalue weighted by molar-refractivity contribution is -0.963. The molecule has 0 aromatic heterocycles. The Hall–Kier alpha value is -4.82. The smallest absolute Gasteiger partial charge is 0.311 e. The lowest BCUT2D eigenvalue weighted by Gasteiger charge is -2.55. The van der Waals surface area contributed by atoms with Crippen LogP contribution in [-0.2, 0) is 41.9 Å². The van der Waals surface area contributed by atoms with Crippen LogP contribution in [0.25, 0.3) is 0 Å². The third kappa shape index (κ3) is 8.81. The Labute approximate surface area is 352 Å². The molecule has 4 bridgehead atoms. The predicted octanol–water partition coefficient (Wildman–Crippen LogP) is 6.97. The van der Waals surface area contributed by atoms with Gasteiger partial charge in [0.1, 0.15) is 13.1 Å². The van der Waals surface area contributed by atoms with Crippen LogP contribution in [-0.4, -0.2) is 93.3 Å². The summed E-state index contributed by atoms with van der Waals surface area (Å²) in [5.41, 5.74) is 0.348. The molecule has 2 aromatic carbocycles. The van der Waals surface area contributed by atoms with Crippen molar-refractivity contribution in [2.24, 2.45) is 17.3 Å². The molecule has 4 aliphatic rings. The fraction of sp³-hybridized carbons (Fsp3) is 0.609. The molecule has 14 heteroatoms. The maximum atomic E-state index is 13.9. The molecule has 2 N–H and O–H groups in total. The fourth-order valence-corrected chi connectivity index (χ4v) is 11.3. The SMILES string of the molecule is CCC(=O)Oc1ccc(C[N+]2(C)[C@@H]3CC[C@H]2CC(C(CC(=O)O)(C(=O)O)C2C[C@H]4CC[C@@H](C2)[N+]4(C)Cc2ccc(OC(=O)CC)c(OC(=O)CC)c2)C3)cc1OC(=O)CC. The summed E-state index contributed by atoms with van der Waals surface area (Å²) in [6.45, 7) is 7.93. The molecule has 0 aliphatic carbocycles. The number of carbonyl (C=O) groups excluding carboxylic acids is 4. The number of aliphatic carboxylic acids is 2. The van der Waals surface area contributed by atoms with Crippen LogP contribution in [0.4, 0.5) is 0 Å². The van der Waals surface area contributed by atoms with Crippen molar-refractivity contribution in [1.29, 1.82) is 0 Å². The zero-order valence-electron chi connectivity index (χ0n) is 35.9. The zero-order chi connectivity index (χ0) is 43.6. The van der Waals surface area contributed by atoms with Crippen LogP contribution in [0.3, 0.4) is 0 Å². The summed E-state index contributed by atoms with van der Waals surface area (Å²) in [4.78, 5) is 75.6. The molecule has 4 fully saturated rings. The second-order valence-electron chi connectivity index (χ2n) is 17.9. The van der Waals surface area contributed by atoms with Gasteiger partial charge in [0, 0.05) is 88.2 Å². The van der Waals surface area contributed by atoms with E-state index in [9.17, 15) is 39.0 Å². The molecular weight excluding hydrogens is 773 g/mol. The van der Waals surface area contributed by atoms with E-state index in [0.717, 1.165) is 36.8 Å². The van der Waals surface area contributed by atoms with E-state index in [1.807, 2.05) is 12.1 Å². The molecule has 4 aliphatic heterocycles. The van der Waals surface area contributed by atoms with Crippen molar-refractivity contribution >= 4 is 35.8 Å². The quantitative estimate of drug-likeness (QED) is 0.0951. The molecule has 2 aromatic rings. The number of carbonyl (C=O) groups is 6. The zero-order valence-corrected chi connectivity index (χ0v) is 35.9. The van der Waals surface area contributed by atoms with Crippen molar-refractivity contribution < 1.29 is 66.9 Å². The van der Waals surface area contributed by atoms with Crippen LogP contribution in [0.5, 0.6) is 23.0 Å². The van der Waals surface area contributed by atoms with Gasteiger partial charge in [-0.05, 0) is 48.2 Å². The molecule has 0 amide bonds. The highest BCUT2D eigenvalue weighted by Crippen LogP contribution is 2.59. The number of hydrogen-bond acceptors (Lipinski definition) is 10. The highest BCUT2D eigenvalue weighted by Gasteiger charge is 2.64. The topological polar surface area (TPSA) is 180 Å². The molecule has 6 rings (SSSR count). The first kappa shape index (κ1) is 44.7. The molecule has 14 nitrogen and oxygen atoms in total. The summed E-state index contributed by atoms with van der Waals surface area (Å²) in [6, 6.07) is 11.0. The van der Waals surface area contributed by atoms with Crippen molar-refractivity contribution in [1.82, 2.24) is 0 Å². The van der Waals surface area contributed by atoms with Gasteiger partial charge in [-0.1, -0.05) is 27.7 Å². The third-order valence-electron chi connectivity index (χ3n) is 14.6. The molecule has 326 valence electrons. The second kappa shape index (κ2) is 18.0. The number of benzene rings is 2. The summed E-state index contributed by atoms with van der Waals surface area (Å²) in [5.74, 6) is -3.83. The van der Waals surface area contributed by atoms with Gasteiger partial charge in [0.05, 0.1) is 50.1 Å². The van der Waals surface area contributed by atoms with E-state index in [0.29, 0.717) is 47.7 Å². The Bertz CT molecular complexity index is 1840. The Morgan fingerprint density at radius 1 is 0.550 bits per heavy atom. The number of carboxylic acids is 2. The van der Waals surface area contributed by atoms with Crippen LogP contribution in [0.15, 0.2) is 36.4 Å². The normalized spacial score (nSPS) is 28.9. The third-order valence-corrected chi connectivity index (χ3v) is 14.6. The van der Waals surface area contributed by atoms with Gasteiger partial charge < -0.3 is 38.1 Å². The van der Waals surface area contributed by atoms with E-state index < -0.39 is 47.7 Å². The summed E-state index contributed by atoms with van der Waals surface area (Å²) in [6.07, 6.45) is 6.10. The number of quaternary nitrogens is 2. The minimum atomic E-state index is -1.44. The average Bonchev–Trinajstić information content (AvgIpc) is 3.44. The Kier molecular flexibility index (Phi) is 13.4. The summed E-state index contributed by atoms with van der Waals surface area (Å²) >= 11 is 0. The van der Waals surface area contributed by atoms with Gasteiger partial charge in [-0.3, -0.25) is 28.8 Å². The number of nitrogens with zero attached hydrogens (tertiary/aromatic N) is 2. The van der Waals surface area contributed by atoms with Gasteiger partial charge in [0.2, 0.25) is 0 Å². The Morgan fingerprint density at radius 2 is 0.867 bits per heavy atom. The minimum Gasteiger partial charge on any atom is -0.481 e. The van der Waals surface area contributed by atoms with Crippen molar-refractivity contribution in [3.63, 3.8) is 0 Å². The lowest BCUT2D eigenvalue weighted by Crippen LogP contribution is -2.63. The van der Waals surface area contributed by atoms with Crippen LogP contribution in [0.2, 0.25) is 0 Å². The van der Waals surface area contributed by atoms with Gasteiger partial charge in [0.25, 0.3) is 0 Å². The van der Waals surface area contributed by atoms with E-state index in [4.69, 9.17) is 18.9 Å². The van der Waals surface area contributed by atoms with E-state index in [-0.39, 0.29) is 84.7 Å². The molecule has 8 atom stereocenters. The predicted molar refractivity (Wildman–Crippen MR) is 218 cm³/mol. The van der Waals surface area contributed by atoms with Gasteiger partial charge in [-0.15, -0.1) is 0 Å². The molecular formula is C46H62N2O12+2. The van der Waals surface area contributed by atoms with Gasteiger partial charge in [0.15, 0.2) is 23.0 Å². The molecule has 0 saturated carbocycles. The van der Waals surface area contributed by atoms with Crippen molar-refractivity contribution in [3.05, 3.63) is 47.5 Å². The maximum absolute atomic E-state index is 13.9. The van der Waals surface area contributed by atoms with Crippen LogP contribution in [0.1, 0.15) is 122 Å². The van der Waals surface area contributed by atoms with Crippen LogP contribution >= 0.6 is 0 Å². The summed E-state index contributed by atoms with van der Waals surface area (Å²) in [7, 11) is 4.39. The van der Waals surface area contributed by atoms with Gasteiger partial charge in [-0.2, -0.15) is 0 Å². The van der Waals surface area contributed by atoms with Crippen molar-refractivity contribution in [2.45, 2.75) is 148 Å². The number of ether oxygens (including phenoxy) is 4. The monoisotopic (exact) mass is 834 g/mol. The molecule has 4 heterocycles. The molecule has 0 spiro atoms. The first-order valence-corrected chi connectivity index (χ1v) is 21.7. The largest absolute Gasteiger partial charge is 0.481 e. The minimum absolute atomic E-state index is 0.0949. The van der Waals surface area contributed by atoms with Crippen LogP contribution in [0, 0.1) is 17.3 Å². The van der Waals surface area contributed by atoms with E-state index >= 15 is 0 Å². The van der Waals surface area contributed by atoms with Crippen LogP contribution < -0.4 is 18.9 Å². The fourth-order valence-electron chi connectivity index (χ4n) is 11.3. The Morgan fingerprint density at radius 3 is 1.15 bits per heavy atom. The van der Waals surface area contributed by atoms with E-state index in [1.54, 1.807) is 52.0 Å². The highest BCUT2D eigenvalue weighted by atomic mass is 16.6. The van der Waals surface area contributed by atoms with Crippen molar-refractivity contribution in [2.75, 3.05) is 14.1 Å². The number of carboxylic acid groups (broad SMARTS) is 2.